The maximum absolute atomic E-state index is 4.50. The molecular formula is C14H14N4. The zero-order valence-electron chi connectivity index (χ0n) is 10.1. The third kappa shape index (κ3) is 2.66. The van der Waals surface area contributed by atoms with E-state index < -0.39 is 0 Å². The second-order valence-electron chi connectivity index (χ2n) is 3.73. The topological polar surface area (TPSA) is 51.6 Å². The lowest BCUT2D eigenvalue weighted by Gasteiger charge is -2.05. The predicted octanol–water partition coefficient (Wildman–Crippen LogP) is 2.39. The normalized spacial score (nSPS) is 10.0. The first-order valence-corrected chi connectivity index (χ1v) is 5.71. The van der Waals surface area contributed by atoms with E-state index in [0.717, 1.165) is 17.1 Å². The van der Waals surface area contributed by atoms with Crippen molar-refractivity contribution < 1.29 is 0 Å². The molecule has 2 rings (SSSR count). The fourth-order valence-corrected chi connectivity index (χ4v) is 1.58. The fraction of sp³-hybridized carbons (Fsp3) is 0.143. The summed E-state index contributed by atoms with van der Waals surface area (Å²) in [5.41, 5.74) is 2.44. The minimum Gasteiger partial charge on any atom is -0.253 e. The second kappa shape index (κ2) is 5.82. The molecule has 0 amide bonds. The third-order valence-electron chi connectivity index (χ3n) is 2.41. The summed E-state index contributed by atoms with van der Waals surface area (Å²) in [6.45, 7) is 7.43. The van der Waals surface area contributed by atoms with Crippen LogP contribution in [0.15, 0.2) is 49.7 Å². The maximum atomic E-state index is 4.50. The lowest BCUT2D eigenvalue weighted by Crippen LogP contribution is -2.05. The minimum absolute atomic E-state index is 0.542. The van der Waals surface area contributed by atoms with Gasteiger partial charge in [-0.05, 0) is 12.1 Å². The zero-order valence-corrected chi connectivity index (χ0v) is 10.1. The summed E-state index contributed by atoms with van der Waals surface area (Å²) in [6, 6.07) is 5.62. The van der Waals surface area contributed by atoms with Gasteiger partial charge in [0.05, 0.1) is 11.4 Å². The Labute approximate surface area is 106 Å². The van der Waals surface area contributed by atoms with Crippen molar-refractivity contribution in [1.29, 1.82) is 0 Å². The number of hydrogen-bond acceptors (Lipinski definition) is 4. The van der Waals surface area contributed by atoms with Gasteiger partial charge in [0.2, 0.25) is 5.82 Å². The predicted molar refractivity (Wildman–Crippen MR) is 70.9 cm³/mol. The van der Waals surface area contributed by atoms with Crippen molar-refractivity contribution >= 4 is 0 Å². The molecule has 0 radical (unpaired) electrons. The van der Waals surface area contributed by atoms with Gasteiger partial charge in [0.1, 0.15) is 5.69 Å². The molecule has 0 unspecified atom stereocenters. The Hall–Kier alpha value is -2.36. The first-order valence-electron chi connectivity index (χ1n) is 5.71. The van der Waals surface area contributed by atoms with E-state index in [1.54, 1.807) is 18.3 Å². The van der Waals surface area contributed by atoms with Crippen LogP contribution in [0.2, 0.25) is 0 Å². The zero-order chi connectivity index (χ0) is 12.8. The molecule has 0 spiro atoms. The van der Waals surface area contributed by atoms with Crippen LogP contribution in [0.4, 0.5) is 0 Å². The summed E-state index contributed by atoms with van der Waals surface area (Å²) >= 11 is 0. The van der Waals surface area contributed by atoms with Crippen LogP contribution in [-0.4, -0.2) is 20.2 Å². The Morgan fingerprint density at radius 3 is 2.44 bits per heavy atom. The summed E-state index contributed by atoms with van der Waals surface area (Å²) in [6.07, 6.45) is 6.63. The Kier molecular flexibility index (Phi) is 3.91. The summed E-state index contributed by atoms with van der Waals surface area (Å²) in [5.74, 6) is 0.542. The highest BCUT2D eigenvalue weighted by atomic mass is 15.2. The maximum Gasteiger partial charge on any atom is 0.200 e. The minimum atomic E-state index is 0.542. The smallest absolute Gasteiger partial charge is 0.200 e. The quantitative estimate of drug-likeness (QED) is 0.750. The van der Waals surface area contributed by atoms with Crippen LogP contribution >= 0.6 is 0 Å². The van der Waals surface area contributed by atoms with Crippen molar-refractivity contribution in [2.24, 2.45) is 0 Å². The fourth-order valence-electron chi connectivity index (χ4n) is 1.58. The van der Waals surface area contributed by atoms with Gasteiger partial charge in [0, 0.05) is 19.0 Å². The van der Waals surface area contributed by atoms with Gasteiger partial charge >= 0.3 is 0 Å². The molecule has 2 aromatic rings. The largest absolute Gasteiger partial charge is 0.253 e. The van der Waals surface area contributed by atoms with E-state index in [9.17, 15) is 0 Å². The monoisotopic (exact) mass is 238 g/mol. The lowest BCUT2D eigenvalue weighted by atomic mass is 10.2. The summed E-state index contributed by atoms with van der Waals surface area (Å²) < 4.78 is 0. The molecule has 18 heavy (non-hydrogen) atoms. The van der Waals surface area contributed by atoms with Gasteiger partial charge in [-0.25, -0.2) is 4.98 Å². The van der Waals surface area contributed by atoms with E-state index >= 15 is 0 Å². The van der Waals surface area contributed by atoms with Crippen molar-refractivity contribution in [1.82, 2.24) is 20.2 Å². The highest BCUT2D eigenvalue weighted by Crippen LogP contribution is 2.13. The van der Waals surface area contributed by atoms with Gasteiger partial charge in [-0.1, -0.05) is 18.2 Å². The Bertz CT molecular complexity index is 549. The summed E-state index contributed by atoms with van der Waals surface area (Å²) in [7, 11) is 0. The van der Waals surface area contributed by atoms with E-state index in [1.165, 1.54) is 0 Å². The molecule has 4 nitrogen and oxygen atoms in total. The highest BCUT2D eigenvalue weighted by molar-refractivity contribution is 5.47. The molecule has 0 aliphatic carbocycles. The van der Waals surface area contributed by atoms with E-state index in [-0.39, 0.29) is 0 Å². The van der Waals surface area contributed by atoms with Crippen LogP contribution in [0.1, 0.15) is 11.4 Å². The van der Waals surface area contributed by atoms with Gasteiger partial charge in [-0.15, -0.1) is 18.3 Å². The van der Waals surface area contributed by atoms with Crippen molar-refractivity contribution in [3.8, 4) is 11.5 Å². The first kappa shape index (κ1) is 12.1. The Morgan fingerprint density at radius 2 is 1.78 bits per heavy atom. The molecule has 0 saturated carbocycles. The number of rotatable bonds is 5. The Morgan fingerprint density at radius 1 is 1.00 bits per heavy atom. The van der Waals surface area contributed by atoms with Crippen LogP contribution in [0.25, 0.3) is 11.5 Å². The highest BCUT2D eigenvalue weighted by Gasteiger charge is 2.09. The van der Waals surface area contributed by atoms with Gasteiger partial charge in [-0.2, -0.15) is 5.10 Å². The number of hydrogen-bond donors (Lipinski definition) is 0. The molecule has 0 aromatic carbocycles. The third-order valence-corrected chi connectivity index (χ3v) is 2.41. The number of allylic oxidation sites excluding steroid dienone is 2. The Balaban J connectivity index is 2.42. The van der Waals surface area contributed by atoms with Crippen LogP contribution in [-0.2, 0) is 12.8 Å². The second-order valence-corrected chi connectivity index (χ2v) is 3.73. The van der Waals surface area contributed by atoms with Crippen molar-refractivity contribution in [2.45, 2.75) is 12.8 Å². The first-order chi connectivity index (χ1) is 8.85. The van der Waals surface area contributed by atoms with Gasteiger partial charge in [0.15, 0.2) is 0 Å². The van der Waals surface area contributed by atoms with Crippen molar-refractivity contribution in [2.75, 3.05) is 0 Å². The molecule has 0 saturated heterocycles. The van der Waals surface area contributed by atoms with Gasteiger partial charge < -0.3 is 0 Å². The molecule has 0 aliphatic heterocycles. The average Bonchev–Trinajstić information content (AvgIpc) is 2.42. The molecule has 0 fully saturated rings. The molecule has 2 aromatic heterocycles. The summed E-state index contributed by atoms with van der Waals surface area (Å²) in [4.78, 5) is 8.71. The SMILES string of the molecule is C=CCc1nnc(-c2ccccn2)nc1CC=C. The van der Waals surface area contributed by atoms with Crippen molar-refractivity contribution in [3.05, 3.63) is 61.1 Å². The molecule has 2 heterocycles. The average molecular weight is 238 g/mol. The van der Waals surface area contributed by atoms with Crippen LogP contribution < -0.4 is 0 Å². The summed E-state index contributed by atoms with van der Waals surface area (Å²) in [5, 5.41) is 8.30. The van der Waals surface area contributed by atoms with E-state index in [0.29, 0.717) is 18.7 Å². The van der Waals surface area contributed by atoms with Crippen LogP contribution in [0, 0.1) is 0 Å². The molecule has 0 bridgehead atoms. The van der Waals surface area contributed by atoms with E-state index in [1.807, 2.05) is 18.2 Å². The van der Waals surface area contributed by atoms with Crippen LogP contribution in [0.5, 0.6) is 0 Å². The molecule has 0 N–H and O–H groups in total. The number of aromatic nitrogens is 4. The number of pyridine rings is 1. The molecule has 0 atom stereocenters. The van der Waals surface area contributed by atoms with Gasteiger partial charge in [0.25, 0.3) is 0 Å². The lowest BCUT2D eigenvalue weighted by molar-refractivity contribution is 0.859. The van der Waals surface area contributed by atoms with Crippen molar-refractivity contribution in [3.63, 3.8) is 0 Å². The number of nitrogens with zero attached hydrogens (tertiary/aromatic N) is 4. The standard InChI is InChI=1S/C14H14N4/c1-3-7-11-12(8-4-2)17-18-14(16-11)13-9-5-6-10-15-13/h3-6,9-10H,1-2,7-8H2. The van der Waals surface area contributed by atoms with E-state index in [4.69, 9.17) is 0 Å². The van der Waals surface area contributed by atoms with E-state index in [2.05, 4.69) is 33.3 Å². The van der Waals surface area contributed by atoms with Crippen LogP contribution in [0.3, 0.4) is 0 Å². The molecular weight excluding hydrogens is 224 g/mol. The molecule has 4 heteroatoms. The van der Waals surface area contributed by atoms with Gasteiger partial charge in [-0.3, -0.25) is 4.98 Å². The molecule has 0 aliphatic rings. The molecule has 90 valence electrons.